The second kappa shape index (κ2) is 14.4. The average Bonchev–Trinajstić information content (AvgIpc) is 3.74. The smallest absolute Gasteiger partial charge is 0.411 e. The molecule has 1 aliphatic heterocycles. The predicted octanol–water partition coefficient (Wildman–Crippen LogP) is 6.87. The van der Waals surface area contributed by atoms with Gasteiger partial charge in [0.05, 0.1) is 12.3 Å². The van der Waals surface area contributed by atoms with Crippen molar-refractivity contribution >= 4 is 23.7 Å². The van der Waals surface area contributed by atoms with Crippen LogP contribution in [0.15, 0.2) is 60.7 Å². The quantitative estimate of drug-likeness (QED) is 0.224. The Morgan fingerprint density at radius 2 is 1.77 bits per heavy atom. The van der Waals surface area contributed by atoms with Crippen molar-refractivity contribution in [3.8, 4) is 11.5 Å². The summed E-state index contributed by atoms with van der Waals surface area (Å²) in [5.74, 6) is -0.953. The van der Waals surface area contributed by atoms with E-state index in [2.05, 4.69) is 15.0 Å². The zero-order valence-electron chi connectivity index (χ0n) is 26.8. The van der Waals surface area contributed by atoms with E-state index in [0.717, 1.165) is 18.4 Å². The Morgan fingerprint density at radius 3 is 2.45 bits per heavy atom. The van der Waals surface area contributed by atoms with Crippen molar-refractivity contribution in [2.75, 3.05) is 18.5 Å². The first-order valence-corrected chi connectivity index (χ1v) is 15.6. The minimum absolute atomic E-state index is 0.0790. The lowest BCUT2D eigenvalue weighted by Crippen LogP contribution is -2.44. The van der Waals surface area contributed by atoms with Gasteiger partial charge in [-0.2, -0.15) is 8.78 Å². The fraction of sp³-hybridized carbons (Fsp3) is 0.429. The van der Waals surface area contributed by atoms with E-state index in [1.165, 1.54) is 11.0 Å². The first-order chi connectivity index (χ1) is 22.3. The third-order valence-electron chi connectivity index (χ3n) is 7.74. The molecule has 1 N–H and O–H groups in total. The van der Waals surface area contributed by atoms with Crippen molar-refractivity contribution in [1.82, 2.24) is 9.88 Å². The minimum Gasteiger partial charge on any atom is -0.489 e. The van der Waals surface area contributed by atoms with Gasteiger partial charge in [-0.3, -0.25) is 9.69 Å². The Labute approximate surface area is 272 Å². The molecule has 1 aromatic heterocycles. The van der Waals surface area contributed by atoms with Gasteiger partial charge in [0.2, 0.25) is 0 Å². The van der Waals surface area contributed by atoms with E-state index in [9.17, 15) is 23.2 Å². The molecule has 3 aromatic rings. The van der Waals surface area contributed by atoms with Crippen molar-refractivity contribution in [3.63, 3.8) is 0 Å². The highest BCUT2D eigenvalue weighted by molar-refractivity contribution is 6.02. The summed E-state index contributed by atoms with van der Waals surface area (Å²) in [5.41, 5.74) is 2.05. The van der Waals surface area contributed by atoms with Crippen LogP contribution in [0.4, 0.5) is 19.3 Å². The predicted molar refractivity (Wildman–Crippen MR) is 169 cm³/mol. The van der Waals surface area contributed by atoms with E-state index in [1.54, 1.807) is 63.2 Å². The number of halogens is 2. The maximum atomic E-state index is 13.5. The maximum Gasteiger partial charge on any atom is 0.411 e. The molecule has 250 valence electrons. The molecule has 0 bridgehead atoms. The molecule has 0 unspecified atom stereocenters. The van der Waals surface area contributed by atoms with Gasteiger partial charge in [0.1, 0.15) is 23.9 Å². The number of likely N-dealkylation sites (tertiary alicyclic amines) is 1. The summed E-state index contributed by atoms with van der Waals surface area (Å²) < 4.78 is 47.9. The van der Waals surface area contributed by atoms with Crippen molar-refractivity contribution in [2.24, 2.45) is 5.92 Å². The Kier molecular flexibility index (Phi) is 10.3. The third-order valence-corrected chi connectivity index (χ3v) is 7.74. The molecular weight excluding hydrogens is 612 g/mol. The Balaban J connectivity index is 1.29. The van der Waals surface area contributed by atoms with Gasteiger partial charge in [-0.25, -0.2) is 14.6 Å². The Hall–Kier alpha value is -4.74. The minimum atomic E-state index is -3.02. The number of nitrogens with zero attached hydrogens (tertiary/aromatic N) is 2. The maximum absolute atomic E-state index is 13.5. The molecule has 2 atom stereocenters. The summed E-state index contributed by atoms with van der Waals surface area (Å²) in [5, 5.41) is 2.79. The molecule has 12 heteroatoms. The number of anilines is 1. The van der Waals surface area contributed by atoms with Crippen LogP contribution in [0, 0.1) is 12.8 Å². The van der Waals surface area contributed by atoms with Gasteiger partial charge in [0.25, 0.3) is 5.91 Å². The van der Waals surface area contributed by atoms with Gasteiger partial charge in [-0.05, 0) is 94.8 Å². The van der Waals surface area contributed by atoms with Gasteiger partial charge in [-0.1, -0.05) is 29.8 Å². The normalized spacial score (nSPS) is 17.7. The van der Waals surface area contributed by atoms with E-state index in [4.69, 9.17) is 14.2 Å². The van der Waals surface area contributed by atoms with Gasteiger partial charge in [0.15, 0.2) is 11.5 Å². The van der Waals surface area contributed by atoms with Crippen molar-refractivity contribution in [3.05, 3.63) is 83.2 Å². The first-order valence-electron chi connectivity index (χ1n) is 15.6. The van der Waals surface area contributed by atoms with Crippen LogP contribution in [0.3, 0.4) is 0 Å². The molecule has 2 fully saturated rings. The molecule has 2 aliphatic rings. The molecule has 1 saturated carbocycles. The summed E-state index contributed by atoms with van der Waals surface area (Å²) in [6.07, 6.45) is 1.55. The van der Waals surface area contributed by atoms with E-state index in [1.807, 2.05) is 19.1 Å². The summed E-state index contributed by atoms with van der Waals surface area (Å²) >= 11 is 0. The van der Waals surface area contributed by atoms with Gasteiger partial charge in [-0.15, -0.1) is 0 Å². The van der Waals surface area contributed by atoms with Crippen LogP contribution in [-0.4, -0.2) is 59.3 Å². The van der Waals surface area contributed by atoms with Crippen LogP contribution in [0.5, 0.6) is 11.5 Å². The number of ether oxygens (including phenoxy) is 4. The van der Waals surface area contributed by atoms with Crippen LogP contribution in [-0.2, 0) is 20.9 Å². The lowest BCUT2D eigenvalue weighted by molar-refractivity contribution is -0.150. The SMILES string of the molecule is Cc1ccc(NC(=O)c2cccc(COC(=O)[C@H]3C[C@@H](c4ccc(OC(F)F)c(OCC5CC5)c4)CN3C(=O)OC(C)(C)C)n2)cc1. The fourth-order valence-corrected chi connectivity index (χ4v) is 5.16. The lowest BCUT2D eigenvalue weighted by atomic mass is 9.96. The summed E-state index contributed by atoms with van der Waals surface area (Å²) in [6.45, 7) is 4.39. The molecule has 47 heavy (non-hydrogen) atoms. The highest BCUT2D eigenvalue weighted by Crippen LogP contribution is 2.39. The molecule has 0 radical (unpaired) electrons. The number of carbonyl (C=O) groups excluding carboxylic acids is 3. The van der Waals surface area contributed by atoms with Crippen LogP contribution in [0.1, 0.15) is 73.3 Å². The van der Waals surface area contributed by atoms with E-state index in [0.29, 0.717) is 29.5 Å². The van der Waals surface area contributed by atoms with E-state index < -0.39 is 36.2 Å². The number of carbonyl (C=O) groups is 3. The monoisotopic (exact) mass is 651 g/mol. The number of nitrogens with one attached hydrogen (secondary N) is 1. The van der Waals surface area contributed by atoms with Crippen LogP contribution < -0.4 is 14.8 Å². The topological polar surface area (TPSA) is 116 Å². The van der Waals surface area contributed by atoms with Crippen LogP contribution >= 0.6 is 0 Å². The molecule has 1 aliphatic carbocycles. The second-order valence-electron chi connectivity index (χ2n) is 12.9. The number of hydrogen-bond acceptors (Lipinski definition) is 8. The molecule has 1 saturated heterocycles. The zero-order valence-corrected chi connectivity index (χ0v) is 26.8. The highest BCUT2D eigenvalue weighted by Gasteiger charge is 2.43. The standard InChI is InChI=1S/C35H39F2N3O7/c1-21-8-13-25(14-9-21)39-31(41)27-7-5-6-26(38-27)20-45-32(42)28-16-24(18-40(28)34(43)47-35(2,3)4)23-12-15-29(46-33(36)37)30(17-23)44-19-22-10-11-22/h5-9,12-15,17,22,24,28,33H,10-11,16,18-20H2,1-4H3,(H,39,41)/t24-,28-/m1/s1. The number of benzene rings is 2. The molecular formula is C35H39F2N3O7. The van der Waals surface area contributed by atoms with Crippen molar-refractivity contribution < 1.29 is 42.1 Å². The summed E-state index contributed by atoms with van der Waals surface area (Å²) in [4.78, 5) is 45.2. The lowest BCUT2D eigenvalue weighted by Gasteiger charge is -2.27. The fourth-order valence-electron chi connectivity index (χ4n) is 5.16. The first kappa shape index (κ1) is 33.6. The Morgan fingerprint density at radius 1 is 1.02 bits per heavy atom. The van der Waals surface area contributed by atoms with Crippen LogP contribution in [0.2, 0.25) is 0 Å². The number of alkyl halides is 2. The number of esters is 1. The number of aromatic nitrogens is 1. The molecule has 5 rings (SSSR count). The highest BCUT2D eigenvalue weighted by atomic mass is 19.3. The molecule has 2 aromatic carbocycles. The zero-order chi connectivity index (χ0) is 33.7. The largest absolute Gasteiger partial charge is 0.489 e. The number of pyridine rings is 1. The van der Waals surface area contributed by atoms with Crippen molar-refractivity contribution in [2.45, 2.75) is 77.7 Å². The molecule has 0 spiro atoms. The molecule has 2 amide bonds. The number of rotatable bonds is 11. The Bertz CT molecular complexity index is 1590. The average molecular weight is 652 g/mol. The van der Waals surface area contributed by atoms with Crippen molar-refractivity contribution in [1.29, 1.82) is 0 Å². The molecule has 10 nitrogen and oxygen atoms in total. The third kappa shape index (κ3) is 9.40. The van der Waals surface area contributed by atoms with Gasteiger partial charge in [0, 0.05) is 18.2 Å². The summed E-state index contributed by atoms with van der Waals surface area (Å²) in [7, 11) is 0. The van der Waals surface area contributed by atoms with Crippen LogP contribution in [0.25, 0.3) is 0 Å². The number of hydrogen-bond donors (Lipinski definition) is 1. The second-order valence-corrected chi connectivity index (χ2v) is 12.9. The van der Waals surface area contributed by atoms with E-state index >= 15 is 0 Å². The number of aryl methyl sites for hydroxylation is 1. The summed E-state index contributed by atoms with van der Waals surface area (Å²) in [6, 6.07) is 15.9. The molecule has 2 heterocycles. The van der Waals surface area contributed by atoms with E-state index in [-0.39, 0.29) is 42.7 Å². The number of amides is 2. The van der Waals surface area contributed by atoms with Gasteiger partial charge < -0.3 is 24.3 Å². The van der Waals surface area contributed by atoms with Gasteiger partial charge >= 0.3 is 18.7 Å².